The lowest BCUT2D eigenvalue weighted by atomic mass is 9.96. The summed E-state index contributed by atoms with van der Waals surface area (Å²) >= 11 is 7.25. The first-order valence-corrected chi connectivity index (χ1v) is 11.7. The molecule has 0 radical (unpaired) electrons. The third-order valence-electron chi connectivity index (χ3n) is 5.64. The number of ether oxygens (including phenoxy) is 1. The number of rotatable bonds is 5. The van der Waals surface area contributed by atoms with Crippen LogP contribution in [0, 0.1) is 0 Å². The van der Waals surface area contributed by atoms with Gasteiger partial charge in [0, 0.05) is 10.6 Å². The van der Waals surface area contributed by atoms with E-state index in [4.69, 9.17) is 17.0 Å². The van der Waals surface area contributed by atoms with Crippen molar-refractivity contribution in [2.24, 2.45) is 0 Å². The number of esters is 1. The molecule has 0 amide bonds. The van der Waals surface area contributed by atoms with Gasteiger partial charge in [-0.3, -0.25) is 0 Å². The molecule has 0 saturated heterocycles. The summed E-state index contributed by atoms with van der Waals surface area (Å²) in [7, 11) is 1.44. The van der Waals surface area contributed by atoms with Crippen molar-refractivity contribution in [1.29, 1.82) is 0 Å². The van der Waals surface area contributed by atoms with Crippen molar-refractivity contribution in [1.82, 2.24) is 0 Å². The molecule has 1 atom stereocenters. The van der Waals surface area contributed by atoms with Gasteiger partial charge in [0.15, 0.2) is 5.11 Å². The van der Waals surface area contributed by atoms with Crippen LogP contribution in [0.4, 0.5) is 10.7 Å². The van der Waals surface area contributed by atoms with Crippen LogP contribution in [0.1, 0.15) is 78.2 Å². The lowest BCUT2D eigenvalue weighted by molar-refractivity contribution is 0.0601. The van der Waals surface area contributed by atoms with E-state index < -0.39 is 0 Å². The molecule has 1 heterocycles. The minimum absolute atomic E-state index is 0.284. The summed E-state index contributed by atoms with van der Waals surface area (Å²) in [6.07, 6.45) is 7.74. The number of nitrogens with one attached hydrogen (secondary N) is 2. The van der Waals surface area contributed by atoms with Crippen LogP contribution < -0.4 is 10.6 Å². The molecule has 6 heteroatoms. The Labute approximate surface area is 183 Å². The van der Waals surface area contributed by atoms with Gasteiger partial charge in [-0.2, -0.15) is 0 Å². The minimum Gasteiger partial charge on any atom is -0.465 e. The zero-order valence-corrected chi connectivity index (χ0v) is 19.1. The Morgan fingerprint density at radius 3 is 2.62 bits per heavy atom. The Morgan fingerprint density at radius 1 is 1.17 bits per heavy atom. The zero-order valence-electron chi connectivity index (χ0n) is 17.5. The smallest absolute Gasteiger partial charge is 0.341 e. The number of anilines is 2. The fraction of sp³-hybridized carbons (Fsp3) is 0.478. The highest BCUT2D eigenvalue weighted by Gasteiger charge is 2.25. The average Bonchev–Trinajstić information content (AvgIpc) is 3.03. The molecule has 29 heavy (non-hydrogen) atoms. The van der Waals surface area contributed by atoms with Crippen molar-refractivity contribution >= 4 is 45.3 Å². The quantitative estimate of drug-likeness (QED) is 0.418. The summed E-state index contributed by atoms with van der Waals surface area (Å²) in [4.78, 5) is 13.9. The van der Waals surface area contributed by atoms with Gasteiger partial charge < -0.3 is 15.4 Å². The largest absolute Gasteiger partial charge is 0.465 e. The first kappa shape index (κ1) is 21.8. The third kappa shape index (κ3) is 5.17. The maximum Gasteiger partial charge on any atom is 0.341 e. The molecule has 3 rings (SSSR count). The second kappa shape index (κ2) is 10.2. The standard InChI is InChI=1S/C23H30N2O2S2/c1-4-15(2)16-11-9-10-13-18(16)24-23(28)25-21-20(22(26)27-3)17-12-7-5-6-8-14-19(17)29-21/h9-11,13,15H,4-8,12,14H2,1-3H3,(H2,24,25,28). The van der Waals surface area contributed by atoms with E-state index in [0.717, 1.165) is 41.9 Å². The molecule has 156 valence electrons. The van der Waals surface area contributed by atoms with Crippen molar-refractivity contribution in [2.45, 2.75) is 64.7 Å². The third-order valence-corrected chi connectivity index (χ3v) is 7.05. The lowest BCUT2D eigenvalue weighted by Gasteiger charge is -2.17. The molecule has 1 aromatic heterocycles. The molecule has 2 N–H and O–H groups in total. The summed E-state index contributed by atoms with van der Waals surface area (Å²) in [6.45, 7) is 4.40. The van der Waals surface area contributed by atoms with Gasteiger partial charge >= 0.3 is 5.97 Å². The van der Waals surface area contributed by atoms with E-state index in [1.54, 1.807) is 11.3 Å². The molecule has 0 fully saturated rings. The normalized spacial score (nSPS) is 14.9. The number of carbonyl (C=O) groups excluding carboxylic acids is 1. The van der Waals surface area contributed by atoms with Gasteiger partial charge in [0.25, 0.3) is 0 Å². The zero-order chi connectivity index (χ0) is 20.8. The van der Waals surface area contributed by atoms with E-state index in [1.165, 1.54) is 36.8 Å². The predicted octanol–water partition coefficient (Wildman–Crippen LogP) is 6.52. The van der Waals surface area contributed by atoms with E-state index in [0.29, 0.717) is 16.6 Å². The van der Waals surface area contributed by atoms with Gasteiger partial charge in [-0.05, 0) is 67.4 Å². The number of fused-ring (bicyclic) bond motifs is 1. The Morgan fingerprint density at radius 2 is 1.90 bits per heavy atom. The van der Waals surface area contributed by atoms with Gasteiger partial charge in [0.2, 0.25) is 0 Å². The lowest BCUT2D eigenvalue weighted by Crippen LogP contribution is -2.21. The van der Waals surface area contributed by atoms with Crippen LogP contribution in [0.25, 0.3) is 0 Å². The van der Waals surface area contributed by atoms with Crippen LogP contribution in [0.2, 0.25) is 0 Å². The van der Waals surface area contributed by atoms with Gasteiger partial charge in [-0.15, -0.1) is 11.3 Å². The van der Waals surface area contributed by atoms with E-state index in [9.17, 15) is 4.79 Å². The predicted molar refractivity (Wildman–Crippen MR) is 127 cm³/mol. The number of methoxy groups -OCH3 is 1. The Balaban J connectivity index is 1.85. The number of hydrogen-bond acceptors (Lipinski definition) is 4. The highest BCUT2D eigenvalue weighted by molar-refractivity contribution is 7.80. The first-order chi connectivity index (χ1) is 14.0. The van der Waals surface area contributed by atoms with Gasteiger partial charge in [-0.1, -0.05) is 44.9 Å². The summed E-state index contributed by atoms with van der Waals surface area (Å²) in [5.41, 5.74) is 4.06. The molecule has 0 spiro atoms. The second-order valence-electron chi connectivity index (χ2n) is 7.59. The topological polar surface area (TPSA) is 50.4 Å². The molecule has 1 aromatic carbocycles. The number of aryl methyl sites for hydroxylation is 1. The van der Waals surface area contributed by atoms with E-state index >= 15 is 0 Å². The number of thiophene rings is 1. The second-order valence-corrected chi connectivity index (χ2v) is 9.10. The Hall–Kier alpha value is -1.92. The van der Waals surface area contributed by atoms with Crippen molar-refractivity contribution in [2.75, 3.05) is 17.7 Å². The average molecular weight is 431 g/mol. The maximum absolute atomic E-state index is 12.6. The van der Waals surface area contributed by atoms with Crippen molar-refractivity contribution in [3.8, 4) is 0 Å². The minimum atomic E-state index is -0.284. The van der Waals surface area contributed by atoms with Crippen molar-refractivity contribution in [3.63, 3.8) is 0 Å². The molecule has 0 saturated carbocycles. The summed E-state index contributed by atoms with van der Waals surface area (Å²) in [5.74, 6) is 0.155. The van der Waals surface area contributed by atoms with Crippen LogP contribution in [0.15, 0.2) is 24.3 Å². The fourth-order valence-corrected chi connectivity index (χ4v) is 5.40. The van der Waals surface area contributed by atoms with Crippen molar-refractivity contribution in [3.05, 3.63) is 45.8 Å². The maximum atomic E-state index is 12.6. The highest BCUT2D eigenvalue weighted by atomic mass is 32.1. The SMILES string of the molecule is CCC(C)c1ccccc1NC(=S)Nc1sc2c(c1C(=O)OC)CCCCCC2. The number of hydrogen-bond donors (Lipinski definition) is 2. The van der Waals surface area contributed by atoms with E-state index in [1.807, 2.05) is 12.1 Å². The monoisotopic (exact) mass is 430 g/mol. The number of para-hydroxylation sites is 1. The number of benzene rings is 1. The van der Waals surface area contributed by atoms with Gasteiger partial charge in [0.1, 0.15) is 5.00 Å². The van der Waals surface area contributed by atoms with E-state index in [-0.39, 0.29) is 5.97 Å². The molecule has 1 unspecified atom stereocenters. The fourth-order valence-electron chi connectivity index (χ4n) is 3.84. The van der Waals surface area contributed by atoms with Crippen LogP contribution >= 0.6 is 23.6 Å². The Kier molecular flexibility index (Phi) is 7.67. The van der Waals surface area contributed by atoms with E-state index in [2.05, 4.69) is 36.6 Å². The molecular weight excluding hydrogens is 400 g/mol. The summed E-state index contributed by atoms with van der Waals surface area (Å²) < 4.78 is 5.10. The molecular formula is C23H30N2O2S2. The molecule has 1 aliphatic rings. The molecule has 1 aliphatic carbocycles. The van der Waals surface area contributed by atoms with Crippen molar-refractivity contribution < 1.29 is 9.53 Å². The van der Waals surface area contributed by atoms with Gasteiger partial charge in [0.05, 0.1) is 12.7 Å². The molecule has 0 aliphatic heterocycles. The molecule has 4 nitrogen and oxygen atoms in total. The van der Waals surface area contributed by atoms with Gasteiger partial charge in [-0.25, -0.2) is 4.79 Å². The van der Waals surface area contributed by atoms with Crippen LogP contribution in [0.5, 0.6) is 0 Å². The van der Waals surface area contributed by atoms with Crippen LogP contribution in [-0.4, -0.2) is 18.2 Å². The number of carbonyl (C=O) groups is 1. The molecule has 2 aromatic rings. The summed E-state index contributed by atoms with van der Waals surface area (Å²) in [5, 5.41) is 7.93. The number of thiocarbonyl (C=S) groups is 1. The van der Waals surface area contributed by atoms with Crippen LogP contribution in [0.3, 0.4) is 0 Å². The first-order valence-electron chi connectivity index (χ1n) is 10.4. The molecule has 0 bridgehead atoms. The van der Waals surface area contributed by atoms with Crippen LogP contribution in [-0.2, 0) is 17.6 Å². The highest BCUT2D eigenvalue weighted by Crippen LogP contribution is 2.37. The Bertz CT molecular complexity index is 876. The summed E-state index contributed by atoms with van der Waals surface area (Å²) in [6, 6.07) is 8.24.